The third-order valence-electron chi connectivity index (χ3n) is 4.56. The first-order valence-electron chi connectivity index (χ1n) is 8.40. The highest BCUT2D eigenvalue weighted by molar-refractivity contribution is 6.00. The Bertz CT molecular complexity index is 835. The Morgan fingerprint density at radius 1 is 1.12 bits per heavy atom. The van der Waals surface area contributed by atoms with Gasteiger partial charge < -0.3 is 14.9 Å². The lowest BCUT2D eigenvalue weighted by atomic mass is 10.1. The molecule has 2 amide bonds. The molecule has 0 aromatic heterocycles. The van der Waals surface area contributed by atoms with Gasteiger partial charge in [0.1, 0.15) is 12.6 Å². The van der Waals surface area contributed by atoms with Gasteiger partial charge in [0, 0.05) is 18.7 Å². The molecule has 2 aromatic rings. The number of aliphatic carboxylic acids is 1. The van der Waals surface area contributed by atoms with Gasteiger partial charge >= 0.3 is 5.97 Å². The second-order valence-electron chi connectivity index (χ2n) is 6.34. The second kappa shape index (κ2) is 7.39. The lowest BCUT2D eigenvalue weighted by molar-refractivity contribution is -0.150. The maximum absolute atomic E-state index is 12.8. The quantitative estimate of drug-likeness (QED) is 0.864. The molecule has 1 heterocycles. The number of amides is 2. The summed E-state index contributed by atoms with van der Waals surface area (Å²) in [6, 6.07) is 15.5. The summed E-state index contributed by atoms with van der Waals surface area (Å²) in [5, 5.41) is 9.36. The molecule has 0 radical (unpaired) electrons. The van der Waals surface area contributed by atoms with Crippen molar-refractivity contribution in [1.82, 2.24) is 9.80 Å². The molecule has 1 unspecified atom stereocenters. The highest BCUT2D eigenvalue weighted by Crippen LogP contribution is 2.22. The SMILES string of the molecule is CC(C(=O)O)N(Cc1ccccc1)C(=O)CN1Cc2ccccc2C1=O. The number of carboxylic acid groups (broad SMARTS) is 1. The fraction of sp³-hybridized carbons (Fsp3) is 0.250. The molecule has 6 nitrogen and oxygen atoms in total. The van der Waals surface area contributed by atoms with Crippen molar-refractivity contribution in [1.29, 1.82) is 0 Å². The number of carbonyl (C=O) groups is 3. The molecule has 0 saturated heterocycles. The van der Waals surface area contributed by atoms with Crippen molar-refractivity contribution in [2.24, 2.45) is 0 Å². The zero-order valence-corrected chi connectivity index (χ0v) is 14.5. The normalized spacial score (nSPS) is 14.0. The Balaban J connectivity index is 1.76. The average molecular weight is 352 g/mol. The van der Waals surface area contributed by atoms with Crippen LogP contribution in [-0.4, -0.2) is 45.3 Å². The first-order chi connectivity index (χ1) is 12.5. The molecule has 1 aliphatic heterocycles. The molecule has 26 heavy (non-hydrogen) atoms. The van der Waals surface area contributed by atoms with Crippen LogP contribution in [-0.2, 0) is 22.7 Å². The van der Waals surface area contributed by atoms with Gasteiger partial charge in [0.15, 0.2) is 0 Å². The summed E-state index contributed by atoms with van der Waals surface area (Å²) < 4.78 is 0. The fourth-order valence-electron chi connectivity index (χ4n) is 3.05. The van der Waals surface area contributed by atoms with E-state index in [1.165, 1.54) is 16.7 Å². The molecule has 1 aliphatic rings. The van der Waals surface area contributed by atoms with E-state index in [-0.39, 0.29) is 24.9 Å². The van der Waals surface area contributed by atoms with E-state index in [0.717, 1.165) is 11.1 Å². The molecule has 6 heteroatoms. The van der Waals surface area contributed by atoms with Gasteiger partial charge in [-0.1, -0.05) is 48.5 Å². The summed E-state index contributed by atoms with van der Waals surface area (Å²) in [6.07, 6.45) is 0. The molecule has 0 spiro atoms. The number of benzene rings is 2. The van der Waals surface area contributed by atoms with Crippen LogP contribution in [0.5, 0.6) is 0 Å². The van der Waals surface area contributed by atoms with Gasteiger partial charge in [-0.2, -0.15) is 0 Å². The molecule has 1 N–H and O–H groups in total. The van der Waals surface area contributed by atoms with Gasteiger partial charge in [-0.15, -0.1) is 0 Å². The van der Waals surface area contributed by atoms with Crippen molar-refractivity contribution in [2.45, 2.75) is 26.1 Å². The molecule has 0 bridgehead atoms. The number of rotatable bonds is 6. The van der Waals surface area contributed by atoms with E-state index < -0.39 is 12.0 Å². The predicted molar refractivity (Wildman–Crippen MR) is 95.3 cm³/mol. The van der Waals surface area contributed by atoms with E-state index in [4.69, 9.17) is 0 Å². The molecule has 2 aromatic carbocycles. The molecule has 0 saturated carbocycles. The van der Waals surface area contributed by atoms with Gasteiger partial charge in [-0.25, -0.2) is 4.79 Å². The minimum Gasteiger partial charge on any atom is -0.480 e. The summed E-state index contributed by atoms with van der Waals surface area (Å²) in [5.74, 6) is -1.66. The molecule has 0 aliphatic carbocycles. The van der Waals surface area contributed by atoms with Crippen molar-refractivity contribution in [3.63, 3.8) is 0 Å². The van der Waals surface area contributed by atoms with Crippen LogP contribution in [0.3, 0.4) is 0 Å². The number of hydrogen-bond acceptors (Lipinski definition) is 3. The number of carboxylic acids is 1. The van der Waals surface area contributed by atoms with E-state index in [1.54, 1.807) is 12.1 Å². The second-order valence-corrected chi connectivity index (χ2v) is 6.34. The van der Waals surface area contributed by atoms with Crippen LogP contribution < -0.4 is 0 Å². The smallest absolute Gasteiger partial charge is 0.326 e. The van der Waals surface area contributed by atoms with Crippen LogP contribution in [0.4, 0.5) is 0 Å². The monoisotopic (exact) mass is 352 g/mol. The topological polar surface area (TPSA) is 77.9 Å². The Hall–Kier alpha value is -3.15. The van der Waals surface area contributed by atoms with Crippen LogP contribution in [0.2, 0.25) is 0 Å². The van der Waals surface area contributed by atoms with Gasteiger partial charge in [-0.05, 0) is 24.1 Å². The van der Waals surface area contributed by atoms with E-state index in [9.17, 15) is 19.5 Å². The van der Waals surface area contributed by atoms with Crippen LogP contribution >= 0.6 is 0 Å². The third-order valence-corrected chi connectivity index (χ3v) is 4.56. The first kappa shape index (κ1) is 17.7. The third kappa shape index (κ3) is 3.59. The number of fused-ring (bicyclic) bond motifs is 1. The number of hydrogen-bond donors (Lipinski definition) is 1. The van der Waals surface area contributed by atoms with E-state index >= 15 is 0 Å². The standard InChI is InChI=1S/C20H20N2O4/c1-14(20(25)26)22(11-15-7-3-2-4-8-15)18(23)13-21-12-16-9-5-6-10-17(16)19(21)24/h2-10,14H,11-13H2,1H3,(H,25,26). The number of nitrogens with zero attached hydrogens (tertiary/aromatic N) is 2. The Morgan fingerprint density at radius 3 is 2.42 bits per heavy atom. The number of carbonyl (C=O) groups excluding carboxylic acids is 2. The maximum atomic E-state index is 12.8. The Kier molecular flexibility index (Phi) is 5.02. The minimum atomic E-state index is -1.08. The lowest BCUT2D eigenvalue weighted by Crippen LogP contribution is -2.47. The van der Waals surface area contributed by atoms with Crippen LogP contribution in [0.25, 0.3) is 0 Å². The maximum Gasteiger partial charge on any atom is 0.326 e. The molecular formula is C20H20N2O4. The zero-order valence-electron chi connectivity index (χ0n) is 14.5. The Labute approximate surface area is 151 Å². The highest BCUT2D eigenvalue weighted by atomic mass is 16.4. The fourth-order valence-corrected chi connectivity index (χ4v) is 3.05. The van der Waals surface area contributed by atoms with Crippen LogP contribution in [0.1, 0.15) is 28.4 Å². The minimum absolute atomic E-state index is 0.141. The van der Waals surface area contributed by atoms with Crippen LogP contribution in [0.15, 0.2) is 54.6 Å². The van der Waals surface area contributed by atoms with Gasteiger partial charge in [0.25, 0.3) is 5.91 Å². The van der Waals surface area contributed by atoms with Gasteiger partial charge in [0.05, 0.1) is 0 Å². The molecular weight excluding hydrogens is 332 g/mol. The Morgan fingerprint density at radius 2 is 1.77 bits per heavy atom. The lowest BCUT2D eigenvalue weighted by Gasteiger charge is -2.28. The van der Waals surface area contributed by atoms with Crippen molar-refractivity contribution in [3.8, 4) is 0 Å². The van der Waals surface area contributed by atoms with Crippen LogP contribution in [0, 0.1) is 0 Å². The van der Waals surface area contributed by atoms with Gasteiger partial charge in [0.2, 0.25) is 5.91 Å². The summed E-state index contributed by atoms with van der Waals surface area (Å²) in [6.45, 7) is 1.88. The highest BCUT2D eigenvalue weighted by Gasteiger charge is 2.32. The molecule has 1 atom stereocenters. The molecule has 3 rings (SSSR count). The van der Waals surface area contributed by atoms with E-state index in [0.29, 0.717) is 12.1 Å². The zero-order chi connectivity index (χ0) is 18.7. The average Bonchev–Trinajstić information content (AvgIpc) is 2.96. The van der Waals surface area contributed by atoms with E-state index in [2.05, 4.69) is 0 Å². The summed E-state index contributed by atoms with van der Waals surface area (Å²) in [7, 11) is 0. The van der Waals surface area contributed by atoms with Crippen molar-refractivity contribution in [2.75, 3.05) is 6.54 Å². The molecule has 0 fully saturated rings. The van der Waals surface area contributed by atoms with Crippen molar-refractivity contribution >= 4 is 17.8 Å². The first-order valence-corrected chi connectivity index (χ1v) is 8.40. The summed E-state index contributed by atoms with van der Waals surface area (Å²) >= 11 is 0. The summed E-state index contributed by atoms with van der Waals surface area (Å²) in [4.78, 5) is 39.5. The van der Waals surface area contributed by atoms with E-state index in [1.807, 2.05) is 42.5 Å². The largest absolute Gasteiger partial charge is 0.480 e. The summed E-state index contributed by atoms with van der Waals surface area (Å²) in [5.41, 5.74) is 2.32. The van der Waals surface area contributed by atoms with Crippen molar-refractivity contribution in [3.05, 3.63) is 71.3 Å². The predicted octanol–water partition coefficient (Wildman–Crippen LogP) is 2.14. The van der Waals surface area contributed by atoms with Gasteiger partial charge in [-0.3, -0.25) is 9.59 Å². The van der Waals surface area contributed by atoms with Crippen molar-refractivity contribution < 1.29 is 19.5 Å². The molecule has 134 valence electrons.